The second-order valence-electron chi connectivity index (χ2n) is 4.23. The first-order chi connectivity index (χ1) is 9.78. The molecule has 0 amide bonds. The number of nitrogens with one attached hydrogen (secondary N) is 1. The zero-order valence-corrected chi connectivity index (χ0v) is 12.5. The molecule has 0 saturated carbocycles. The van der Waals surface area contributed by atoms with Crippen LogP contribution in [0.3, 0.4) is 0 Å². The number of nitrogens with zero attached hydrogens (tertiary/aromatic N) is 3. The summed E-state index contributed by atoms with van der Waals surface area (Å²) in [6.07, 6.45) is 1.57. The van der Waals surface area contributed by atoms with Crippen LogP contribution >= 0.6 is 11.6 Å². The molecule has 0 spiro atoms. The average Bonchev–Trinajstić information content (AvgIpc) is 2.94. The molecule has 108 valence electrons. The lowest BCUT2D eigenvalue weighted by atomic mass is 10.2. The van der Waals surface area contributed by atoms with Crippen molar-refractivity contribution in [1.29, 1.82) is 0 Å². The van der Waals surface area contributed by atoms with Gasteiger partial charge in [0.05, 0.1) is 19.0 Å². The van der Waals surface area contributed by atoms with Crippen molar-refractivity contribution >= 4 is 17.3 Å². The fraction of sp³-hybridized carbons (Fsp3) is 0.429. The van der Waals surface area contributed by atoms with Crippen molar-refractivity contribution < 1.29 is 4.74 Å². The van der Waals surface area contributed by atoms with Crippen LogP contribution in [0.1, 0.15) is 25.2 Å². The molecule has 20 heavy (non-hydrogen) atoms. The second-order valence-corrected chi connectivity index (χ2v) is 4.50. The minimum atomic E-state index is 0.427. The van der Waals surface area contributed by atoms with Crippen molar-refractivity contribution in [2.45, 2.75) is 32.8 Å². The third-order valence-electron chi connectivity index (χ3n) is 2.95. The van der Waals surface area contributed by atoms with Gasteiger partial charge in [0.1, 0.15) is 17.9 Å². The van der Waals surface area contributed by atoms with E-state index in [1.807, 2.05) is 36.7 Å². The molecule has 0 unspecified atom stereocenters. The highest BCUT2D eigenvalue weighted by molar-refractivity contribution is 6.17. The van der Waals surface area contributed by atoms with Gasteiger partial charge in [-0.25, -0.2) is 9.67 Å². The number of benzene rings is 1. The molecule has 0 fully saturated rings. The third-order valence-corrected chi connectivity index (χ3v) is 3.24. The zero-order valence-electron chi connectivity index (χ0n) is 11.8. The third kappa shape index (κ3) is 3.42. The number of anilines is 1. The highest BCUT2D eigenvalue weighted by Gasteiger charge is 2.06. The Bertz CT molecular complexity index is 556. The van der Waals surface area contributed by atoms with Crippen molar-refractivity contribution in [3.63, 3.8) is 0 Å². The molecule has 5 nitrogen and oxygen atoms in total. The SMILES string of the molecule is CCOc1ccc(NCc2ncnn2CC)cc1CCl. The zero-order chi connectivity index (χ0) is 14.4. The van der Waals surface area contributed by atoms with Gasteiger partial charge in [0.2, 0.25) is 0 Å². The molecule has 0 aliphatic rings. The van der Waals surface area contributed by atoms with Crippen molar-refractivity contribution in [2.75, 3.05) is 11.9 Å². The van der Waals surface area contributed by atoms with Crippen molar-refractivity contribution in [1.82, 2.24) is 14.8 Å². The number of alkyl halides is 1. The Labute approximate surface area is 123 Å². The standard InChI is InChI=1S/C14H19ClN4O/c1-3-19-14(17-10-18-19)9-16-12-5-6-13(20-4-2)11(7-12)8-15/h5-7,10,16H,3-4,8-9H2,1-2H3. The molecule has 0 bridgehead atoms. The van der Waals surface area contributed by atoms with E-state index >= 15 is 0 Å². The summed E-state index contributed by atoms with van der Waals surface area (Å²) in [5, 5.41) is 7.47. The molecule has 0 aliphatic heterocycles. The highest BCUT2D eigenvalue weighted by Crippen LogP contribution is 2.24. The molecule has 1 heterocycles. The fourth-order valence-electron chi connectivity index (χ4n) is 1.96. The summed E-state index contributed by atoms with van der Waals surface area (Å²) in [7, 11) is 0. The maximum absolute atomic E-state index is 5.95. The van der Waals surface area contributed by atoms with Gasteiger partial charge in [-0.15, -0.1) is 11.6 Å². The fourth-order valence-corrected chi connectivity index (χ4v) is 2.17. The lowest BCUT2D eigenvalue weighted by molar-refractivity contribution is 0.337. The van der Waals surface area contributed by atoms with E-state index < -0.39 is 0 Å². The quantitative estimate of drug-likeness (QED) is 0.798. The number of rotatable bonds is 7. The minimum absolute atomic E-state index is 0.427. The molecular formula is C14H19ClN4O. The molecule has 1 aromatic heterocycles. The van der Waals surface area contributed by atoms with Crippen LogP contribution in [0.25, 0.3) is 0 Å². The van der Waals surface area contributed by atoms with Gasteiger partial charge < -0.3 is 10.1 Å². The van der Waals surface area contributed by atoms with Gasteiger partial charge in [-0.3, -0.25) is 0 Å². The van der Waals surface area contributed by atoms with Crippen LogP contribution in [0, 0.1) is 0 Å². The maximum atomic E-state index is 5.95. The summed E-state index contributed by atoms with van der Waals surface area (Å²) in [4.78, 5) is 4.23. The second kappa shape index (κ2) is 7.14. The Balaban J connectivity index is 2.06. The molecule has 1 N–H and O–H groups in total. The summed E-state index contributed by atoms with van der Waals surface area (Å²) < 4.78 is 7.40. The smallest absolute Gasteiger partial charge is 0.146 e. The predicted octanol–water partition coefficient (Wildman–Crippen LogP) is 3.05. The molecule has 2 rings (SSSR count). The van der Waals surface area contributed by atoms with Crippen molar-refractivity contribution in [2.24, 2.45) is 0 Å². The van der Waals surface area contributed by atoms with E-state index in [-0.39, 0.29) is 0 Å². The van der Waals surface area contributed by atoms with E-state index in [1.54, 1.807) is 6.33 Å². The lowest BCUT2D eigenvalue weighted by Gasteiger charge is -2.12. The molecule has 0 saturated heterocycles. The van der Waals surface area contributed by atoms with Gasteiger partial charge in [-0.05, 0) is 32.0 Å². The van der Waals surface area contributed by atoms with E-state index in [4.69, 9.17) is 16.3 Å². The summed E-state index contributed by atoms with van der Waals surface area (Å²) in [5.74, 6) is 2.18. The number of ether oxygens (including phenoxy) is 1. The van der Waals surface area contributed by atoms with Crippen LogP contribution in [0.4, 0.5) is 5.69 Å². The number of hydrogen-bond acceptors (Lipinski definition) is 4. The summed E-state index contributed by atoms with van der Waals surface area (Å²) >= 11 is 5.95. The van der Waals surface area contributed by atoms with E-state index in [0.29, 0.717) is 19.0 Å². The Hall–Kier alpha value is -1.75. The maximum Gasteiger partial charge on any atom is 0.146 e. The van der Waals surface area contributed by atoms with Gasteiger partial charge in [-0.1, -0.05) is 0 Å². The van der Waals surface area contributed by atoms with Crippen LogP contribution in [0.15, 0.2) is 24.5 Å². The lowest BCUT2D eigenvalue weighted by Crippen LogP contribution is -2.09. The van der Waals surface area contributed by atoms with Gasteiger partial charge >= 0.3 is 0 Å². The Kier molecular flexibility index (Phi) is 5.24. The normalized spacial score (nSPS) is 10.6. The first-order valence-electron chi connectivity index (χ1n) is 6.70. The van der Waals surface area contributed by atoms with Crippen LogP contribution in [-0.2, 0) is 19.0 Å². The molecule has 0 atom stereocenters. The first-order valence-corrected chi connectivity index (χ1v) is 7.24. The van der Waals surface area contributed by atoms with E-state index in [0.717, 1.165) is 29.4 Å². The van der Waals surface area contributed by atoms with E-state index in [1.165, 1.54) is 0 Å². The Morgan fingerprint density at radius 1 is 1.35 bits per heavy atom. The number of halogens is 1. The molecule has 1 aromatic carbocycles. The monoisotopic (exact) mass is 294 g/mol. The van der Waals surface area contributed by atoms with Gasteiger partial charge in [-0.2, -0.15) is 5.10 Å². The first kappa shape index (κ1) is 14.7. The summed E-state index contributed by atoms with van der Waals surface area (Å²) in [6.45, 7) is 6.08. The molecular weight excluding hydrogens is 276 g/mol. The number of aromatic nitrogens is 3. The Morgan fingerprint density at radius 3 is 2.90 bits per heavy atom. The number of aryl methyl sites for hydroxylation is 1. The van der Waals surface area contributed by atoms with Crippen LogP contribution in [0.5, 0.6) is 5.75 Å². The van der Waals surface area contributed by atoms with E-state index in [9.17, 15) is 0 Å². The number of hydrogen-bond donors (Lipinski definition) is 1. The van der Waals surface area contributed by atoms with Crippen LogP contribution in [0.2, 0.25) is 0 Å². The topological polar surface area (TPSA) is 52.0 Å². The Morgan fingerprint density at radius 2 is 2.20 bits per heavy atom. The average molecular weight is 295 g/mol. The molecule has 0 aliphatic carbocycles. The summed E-state index contributed by atoms with van der Waals surface area (Å²) in [5.41, 5.74) is 1.98. The van der Waals surface area contributed by atoms with Crippen LogP contribution < -0.4 is 10.1 Å². The molecule has 6 heteroatoms. The van der Waals surface area contributed by atoms with Crippen molar-refractivity contribution in [3.05, 3.63) is 35.9 Å². The molecule has 0 radical (unpaired) electrons. The van der Waals surface area contributed by atoms with E-state index in [2.05, 4.69) is 15.4 Å². The van der Waals surface area contributed by atoms with Gasteiger partial charge in [0.25, 0.3) is 0 Å². The largest absolute Gasteiger partial charge is 0.494 e. The minimum Gasteiger partial charge on any atom is -0.494 e. The predicted molar refractivity (Wildman–Crippen MR) is 80.2 cm³/mol. The highest BCUT2D eigenvalue weighted by atomic mass is 35.5. The van der Waals surface area contributed by atoms with Gasteiger partial charge in [0, 0.05) is 17.8 Å². The van der Waals surface area contributed by atoms with Crippen molar-refractivity contribution in [3.8, 4) is 5.75 Å². The molecule has 2 aromatic rings. The summed E-state index contributed by atoms with van der Waals surface area (Å²) in [6, 6.07) is 5.92. The van der Waals surface area contributed by atoms with Crippen LogP contribution in [-0.4, -0.2) is 21.4 Å². The van der Waals surface area contributed by atoms with Gasteiger partial charge in [0.15, 0.2) is 0 Å².